The molecular weight excluding hydrogens is 386 g/mol. The van der Waals surface area contributed by atoms with Crippen molar-refractivity contribution >= 4 is 15.9 Å². The number of carbonyl (C=O) groups excluding carboxylic acids is 1. The normalized spacial score (nSPS) is 15.9. The van der Waals surface area contributed by atoms with Crippen LogP contribution < -0.4 is 5.32 Å². The van der Waals surface area contributed by atoms with Gasteiger partial charge in [-0.1, -0.05) is 47.5 Å². The number of amides is 1. The zero-order valence-corrected chi connectivity index (χ0v) is 17.9. The van der Waals surface area contributed by atoms with Crippen molar-refractivity contribution in [1.82, 2.24) is 14.5 Å². The molecule has 1 fully saturated rings. The van der Waals surface area contributed by atoms with Crippen LogP contribution >= 0.6 is 0 Å². The lowest BCUT2D eigenvalue weighted by Crippen LogP contribution is -2.51. The first kappa shape index (κ1) is 21.5. The van der Waals surface area contributed by atoms with Crippen molar-refractivity contribution < 1.29 is 13.2 Å². The van der Waals surface area contributed by atoms with Gasteiger partial charge in [-0.25, -0.2) is 8.42 Å². The molecule has 0 unspecified atom stereocenters. The van der Waals surface area contributed by atoms with Crippen LogP contribution in [0.2, 0.25) is 0 Å². The van der Waals surface area contributed by atoms with Crippen molar-refractivity contribution in [2.45, 2.75) is 25.2 Å². The Labute approximate surface area is 173 Å². The molecule has 1 saturated heterocycles. The van der Waals surface area contributed by atoms with E-state index in [1.165, 1.54) is 15.4 Å². The SMILES string of the molecule is Cc1ccc(S(=O)(=O)N2CCN(CC(=O)NCCc3cccc(C)c3)CC2)cc1. The number of piperazine rings is 1. The maximum Gasteiger partial charge on any atom is 0.243 e. The summed E-state index contributed by atoms with van der Waals surface area (Å²) in [7, 11) is -3.47. The molecule has 0 spiro atoms. The monoisotopic (exact) mass is 415 g/mol. The number of benzene rings is 2. The van der Waals surface area contributed by atoms with Gasteiger partial charge in [0.2, 0.25) is 15.9 Å². The van der Waals surface area contributed by atoms with Crippen molar-refractivity contribution in [2.24, 2.45) is 0 Å². The second-order valence-electron chi connectivity index (χ2n) is 7.58. The molecule has 1 amide bonds. The Morgan fingerprint density at radius 2 is 1.66 bits per heavy atom. The van der Waals surface area contributed by atoms with Crippen LogP contribution in [-0.2, 0) is 21.2 Å². The molecule has 7 heteroatoms. The summed E-state index contributed by atoms with van der Waals surface area (Å²) >= 11 is 0. The van der Waals surface area contributed by atoms with Gasteiger partial charge in [0.05, 0.1) is 11.4 Å². The van der Waals surface area contributed by atoms with Gasteiger partial charge in [-0.05, 0) is 38.0 Å². The van der Waals surface area contributed by atoms with Crippen molar-refractivity contribution in [1.29, 1.82) is 0 Å². The van der Waals surface area contributed by atoms with Gasteiger partial charge in [-0.15, -0.1) is 0 Å². The fourth-order valence-corrected chi connectivity index (χ4v) is 4.88. The molecule has 156 valence electrons. The Morgan fingerprint density at radius 3 is 2.31 bits per heavy atom. The van der Waals surface area contributed by atoms with Gasteiger partial charge in [0.25, 0.3) is 0 Å². The van der Waals surface area contributed by atoms with Crippen LogP contribution in [0.25, 0.3) is 0 Å². The summed E-state index contributed by atoms with van der Waals surface area (Å²) in [6.07, 6.45) is 0.802. The van der Waals surface area contributed by atoms with E-state index in [1.807, 2.05) is 30.0 Å². The lowest BCUT2D eigenvalue weighted by molar-refractivity contribution is -0.122. The minimum absolute atomic E-state index is 0.0208. The highest BCUT2D eigenvalue weighted by molar-refractivity contribution is 7.89. The highest BCUT2D eigenvalue weighted by atomic mass is 32.2. The lowest BCUT2D eigenvalue weighted by atomic mass is 10.1. The number of hydrogen-bond acceptors (Lipinski definition) is 4. The number of aryl methyl sites for hydroxylation is 2. The molecule has 2 aromatic carbocycles. The van der Waals surface area contributed by atoms with Gasteiger partial charge in [-0.3, -0.25) is 9.69 Å². The molecule has 2 aromatic rings. The third kappa shape index (κ3) is 5.88. The molecule has 0 aromatic heterocycles. The number of carbonyl (C=O) groups is 1. The lowest BCUT2D eigenvalue weighted by Gasteiger charge is -2.33. The standard InChI is InChI=1S/C22H29N3O3S/c1-18-6-8-21(9-7-18)29(27,28)25-14-12-24(13-15-25)17-22(26)23-11-10-20-5-3-4-19(2)16-20/h3-9,16H,10-15,17H2,1-2H3,(H,23,26). The Kier molecular flexibility index (Phi) is 7.05. The average molecular weight is 416 g/mol. The van der Waals surface area contributed by atoms with Crippen LogP contribution in [-0.4, -0.2) is 62.8 Å². The van der Waals surface area contributed by atoms with Crippen LogP contribution in [0.3, 0.4) is 0 Å². The summed E-state index contributed by atoms with van der Waals surface area (Å²) in [6, 6.07) is 15.2. The second-order valence-corrected chi connectivity index (χ2v) is 9.52. The number of hydrogen-bond donors (Lipinski definition) is 1. The Balaban J connectivity index is 1.43. The largest absolute Gasteiger partial charge is 0.355 e. The fraction of sp³-hybridized carbons (Fsp3) is 0.409. The number of rotatable bonds is 7. The summed E-state index contributed by atoms with van der Waals surface area (Å²) in [6.45, 7) is 6.78. The Bertz CT molecular complexity index is 934. The highest BCUT2D eigenvalue weighted by Crippen LogP contribution is 2.18. The molecule has 0 saturated carbocycles. The topological polar surface area (TPSA) is 69.7 Å². The van der Waals surface area contributed by atoms with Crippen LogP contribution in [0.4, 0.5) is 0 Å². The fourth-order valence-electron chi connectivity index (χ4n) is 3.46. The molecule has 0 radical (unpaired) electrons. The molecule has 29 heavy (non-hydrogen) atoms. The third-order valence-corrected chi connectivity index (χ3v) is 7.09. The molecule has 0 aliphatic carbocycles. The van der Waals surface area contributed by atoms with Gasteiger partial charge in [0, 0.05) is 32.7 Å². The predicted octanol–water partition coefficient (Wildman–Crippen LogP) is 1.97. The number of nitrogens with one attached hydrogen (secondary N) is 1. The van der Waals surface area contributed by atoms with E-state index >= 15 is 0 Å². The van der Waals surface area contributed by atoms with Gasteiger partial charge >= 0.3 is 0 Å². The van der Waals surface area contributed by atoms with E-state index in [0.29, 0.717) is 44.2 Å². The van der Waals surface area contributed by atoms with Gasteiger partial charge in [-0.2, -0.15) is 4.31 Å². The zero-order chi connectivity index (χ0) is 20.9. The minimum Gasteiger partial charge on any atom is -0.355 e. The number of sulfonamides is 1. The van der Waals surface area contributed by atoms with E-state index in [1.54, 1.807) is 12.1 Å². The van der Waals surface area contributed by atoms with Crippen LogP contribution in [0.5, 0.6) is 0 Å². The quantitative estimate of drug-likeness (QED) is 0.751. The smallest absolute Gasteiger partial charge is 0.243 e. The van der Waals surface area contributed by atoms with E-state index in [2.05, 4.69) is 30.4 Å². The summed E-state index contributed by atoms with van der Waals surface area (Å²) in [5.74, 6) is -0.0208. The Morgan fingerprint density at radius 1 is 0.966 bits per heavy atom. The molecule has 1 aliphatic heterocycles. The van der Waals surface area contributed by atoms with Crippen molar-refractivity contribution in [3.05, 3.63) is 65.2 Å². The first-order valence-electron chi connectivity index (χ1n) is 9.96. The number of nitrogens with zero attached hydrogens (tertiary/aromatic N) is 2. The summed E-state index contributed by atoms with van der Waals surface area (Å²) in [5, 5.41) is 2.96. The van der Waals surface area contributed by atoms with Crippen LogP contribution in [0.1, 0.15) is 16.7 Å². The second kappa shape index (κ2) is 9.52. The van der Waals surface area contributed by atoms with Crippen LogP contribution in [0.15, 0.2) is 53.4 Å². The van der Waals surface area contributed by atoms with E-state index < -0.39 is 10.0 Å². The van der Waals surface area contributed by atoms with Crippen LogP contribution in [0, 0.1) is 13.8 Å². The first-order valence-corrected chi connectivity index (χ1v) is 11.4. The molecule has 0 atom stereocenters. The summed E-state index contributed by atoms with van der Waals surface area (Å²) in [4.78, 5) is 14.5. The van der Waals surface area contributed by atoms with Crippen molar-refractivity contribution in [3.63, 3.8) is 0 Å². The molecule has 1 aliphatic rings. The van der Waals surface area contributed by atoms with E-state index in [4.69, 9.17) is 0 Å². The highest BCUT2D eigenvalue weighted by Gasteiger charge is 2.28. The van der Waals surface area contributed by atoms with Crippen molar-refractivity contribution in [2.75, 3.05) is 39.3 Å². The van der Waals surface area contributed by atoms with E-state index in [-0.39, 0.29) is 5.91 Å². The van der Waals surface area contributed by atoms with E-state index in [9.17, 15) is 13.2 Å². The zero-order valence-electron chi connectivity index (χ0n) is 17.1. The van der Waals surface area contributed by atoms with Gasteiger partial charge < -0.3 is 5.32 Å². The average Bonchev–Trinajstić information content (AvgIpc) is 2.69. The molecule has 1 N–H and O–H groups in total. The molecule has 6 nitrogen and oxygen atoms in total. The molecule has 0 bridgehead atoms. The molecular formula is C22H29N3O3S. The molecule has 3 rings (SSSR count). The minimum atomic E-state index is -3.47. The van der Waals surface area contributed by atoms with Crippen molar-refractivity contribution in [3.8, 4) is 0 Å². The maximum atomic E-state index is 12.8. The van der Waals surface area contributed by atoms with Gasteiger partial charge in [0.1, 0.15) is 0 Å². The first-order chi connectivity index (χ1) is 13.8. The summed E-state index contributed by atoms with van der Waals surface area (Å²) in [5.41, 5.74) is 3.45. The molecule has 1 heterocycles. The Hall–Kier alpha value is -2.22. The third-order valence-electron chi connectivity index (χ3n) is 5.18. The predicted molar refractivity (Wildman–Crippen MR) is 114 cm³/mol. The van der Waals surface area contributed by atoms with Gasteiger partial charge in [0.15, 0.2) is 0 Å². The summed E-state index contributed by atoms with van der Waals surface area (Å²) < 4.78 is 27.0. The maximum absolute atomic E-state index is 12.8. The van der Waals surface area contributed by atoms with E-state index in [0.717, 1.165) is 12.0 Å².